The van der Waals surface area contributed by atoms with Gasteiger partial charge >= 0.3 is 6.61 Å². The van der Waals surface area contributed by atoms with Crippen LogP contribution >= 0.6 is 11.6 Å². The summed E-state index contributed by atoms with van der Waals surface area (Å²) in [7, 11) is 0. The van der Waals surface area contributed by atoms with Crippen LogP contribution in [0, 0.1) is 23.6 Å². The molecule has 0 N–H and O–H groups in total. The molecular formula is C19H22ClF3O3. The lowest BCUT2D eigenvalue weighted by atomic mass is 9.76. The summed E-state index contributed by atoms with van der Waals surface area (Å²) in [5.41, 5.74) is 2.05. The largest absolute Gasteiger partial charge is 0.432 e. The van der Waals surface area contributed by atoms with E-state index in [9.17, 15) is 13.2 Å². The zero-order valence-corrected chi connectivity index (χ0v) is 15.0. The Labute approximate surface area is 156 Å². The molecule has 0 amide bonds. The van der Waals surface area contributed by atoms with Crippen molar-refractivity contribution >= 4 is 11.6 Å². The van der Waals surface area contributed by atoms with Gasteiger partial charge in [-0.2, -0.15) is 8.78 Å². The summed E-state index contributed by atoms with van der Waals surface area (Å²) in [4.78, 5) is 0. The number of benzene rings is 1. The Morgan fingerprint density at radius 3 is 2.35 bits per heavy atom. The Hall–Kier alpha value is -1.24. The molecule has 144 valence electrons. The fraction of sp³-hybridized carbons (Fsp3) is 0.579. The van der Waals surface area contributed by atoms with E-state index in [1.807, 2.05) is 0 Å². The molecule has 0 bridgehead atoms. The maximum Gasteiger partial charge on any atom is 0.387 e. The first-order valence-electron chi connectivity index (χ1n) is 8.81. The van der Waals surface area contributed by atoms with Gasteiger partial charge in [-0.3, -0.25) is 0 Å². The van der Waals surface area contributed by atoms with Crippen LogP contribution in [0.5, 0.6) is 5.75 Å². The monoisotopic (exact) mass is 390 g/mol. The summed E-state index contributed by atoms with van der Waals surface area (Å²) in [6.45, 7) is -1.97. The molecule has 1 aliphatic carbocycles. The quantitative estimate of drug-likeness (QED) is 0.650. The van der Waals surface area contributed by atoms with Crippen LogP contribution in [0.2, 0.25) is 0 Å². The van der Waals surface area contributed by atoms with E-state index in [2.05, 4.69) is 10.8 Å². The van der Waals surface area contributed by atoms with Gasteiger partial charge in [0, 0.05) is 17.0 Å². The lowest BCUT2D eigenvalue weighted by Crippen LogP contribution is -2.34. The zero-order valence-electron chi connectivity index (χ0n) is 14.3. The van der Waals surface area contributed by atoms with Crippen LogP contribution in [-0.4, -0.2) is 19.8 Å². The molecule has 1 aromatic rings. The Morgan fingerprint density at radius 2 is 1.77 bits per heavy atom. The van der Waals surface area contributed by atoms with Crippen molar-refractivity contribution in [2.75, 3.05) is 13.2 Å². The van der Waals surface area contributed by atoms with E-state index in [1.54, 1.807) is 5.54 Å². The number of hydrogen-bond acceptors (Lipinski definition) is 3. The Balaban J connectivity index is 1.52. The van der Waals surface area contributed by atoms with Crippen LogP contribution in [-0.2, 0) is 9.47 Å². The second-order valence-corrected chi connectivity index (χ2v) is 7.07. The van der Waals surface area contributed by atoms with Crippen molar-refractivity contribution in [3.63, 3.8) is 0 Å². The lowest BCUT2D eigenvalue weighted by molar-refractivity contribution is -0.214. The van der Waals surface area contributed by atoms with Crippen LogP contribution < -0.4 is 4.74 Å². The zero-order chi connectivity index (χ0) is 18.5. The first-order chi connectivity index (χ1) is 12.6. The van der Waals surface area contributed by atoms with Crippen molar-refractivity contribution in [3.05, 3.63) is 41.2 Å². The minimum atomic E-state index is -3.06. The van der Waals surface area contributed by atoms with Crippen molar-refractivity contribution in [3.8, 4) is 5.75 Å². The number of hydrogen-bond donors (Lipinski definition) is 0. The summed E-state index contributed by atoms with van der Waals surface area (Å²) >= 11 is 5.65. The third-order valence-corrected chi connectivity index (χ3v) is 5.34. The van der Waals surface area contributed by atoms with Gasteiger partial charge in [-0.1, -0.05) is 23.7 Å². The summed E-state index contributed by atoms with van der Waals surface area (Å²) in [6, 6.07) is 3.77. The Kier molecular flexibility index (Phi) is 6.84. The number of rotatable bonds is 5. The van der Waals surface area contributed by atoms with Gasteiger partial charge in [-0.05, 0) is 49.7 Å². The fourth-order valence-electron chi connectivity index (χ4n) is 3.75. The van der Waals surface area contributed by atoms with Gasteiger partial charge in [-0.15, -0.1) is 0 Å². The van der Waals surface area contributed by atoms with E-state index in [0.29, 0.717) is 36.5 Å². The lowest BCUT2D eigenvalue weighted by Gasteiger charge is -2.37. The smallest absolute Gasteiger partial charge is 0.387 e. The third-order valence-electron chi connectivity index (χ3n) is 5.20. The predicted molar refractivity (Wildman–Crippen MR) is 91.6 cm³/mol. The highest BCUT2D eigenvalue weighted by atomic mass is 35.5. The van der Waals surface area contributed by atoms with E-state index in [0.717, 1.165) is 31.7 Å². The van der Waals surface area contributed by atoms with Gasteiger partial charge in [-0.25, -0.2) is 4.39 Å². The summed E-state index contributed by atoms with van der Waals surface area (Å²) in [5, 5.41) is 0. The molecule has 0 aromatic heterocycles. The first kappa shape index (κ1) is 19.5. The number of halogens is 4. The summed E-state index contributed by atoms with van der Waals surface area (Å²) < 4.78 is 53.9. The molecule has 1 saturated carbocycles. The molecule has 2 aliphatic rings. The molecule has 0 atom stereocenters. The Bertz CT molecular complexity index is 610. The molecule has 1 aromatic carbocycles. The standard InChI is InChI=1S/C19H22ClF3O3/c20-8-7-12-1-3-13(4-2-12)15-10-24-18(25-11-15)14-5-6-17(16(21)9-14)26-19(22)23/h5-9,12-13,15,18-19H,1-4,10-11H2. The van der Waals surface area contributed by atoms with Crippen molar-refractivity contribution in [1.29, 1.82) is 0 Å². The molecular weight excluding hydrogens is 369 g/mol. The molecule has 1 heterocycles. The van der Waals surface area contributed by atoms with Gasteiger partial charge < -0.3 is 14.2 Å². The maximum absolute atomic E-state index is 13.8. The van der Waals surface area contributed by atoms with Gasteiger partial charge in [0.25, 0.3) is 0 Å². The second kappa shape index (κ2) is 9.11. The van der Waals surface area contributed by atoms with Crippen molar-refractivity contribution in [2.24, 2.45) is 17.8 Å². The summed E-state index contributed by atoms with van der Waals surface area (Å²) in [6.07, 6.45) is 5.83. The molecule has 3 nitrogen and oxygen atoms in total. The van der Waals surface area contributed by atoms with E-state index < -0.39 is 24.5 Å². The molecule has 7 heteroatoms. The van der Waals surface area contributed by atoms with Crippen LogP contribution in [0.1, 0.15) is 37.5 Å². The third kappa shape index (κ3) is 4.93. The maximum atomic E-state index is 13.8. The number of allylic oxidation sites excluding steroid dienone is 1. The van der Waals surface area contributed by atoms with Crippen molar-refractivity contribution in [1.82, 2.24) is 0 Å². The van der Waals surface area contributed by atoms with Crippen molar-refractivity contribution < 1.29 is 27.4 Å². The second-order valence-electron chi connectivity index (χ2n) is 6.82. The highest BCUT2D eigenvalue weighted by Gasteiger charge is 2.32. The Morgan fingerprint density at radius 1 is 1.08 bits per heavy atom. The minimum Gasteiger partial charge on any atom is -0.432 e. The normalized spacial score (nSPS) is 30.0. The van der Waals surface area contributed by atoms with Gasteiger partial charge in [0.15, 0.2) is 17.9 Å². The molecule has 1 aliphatic heterocycles. The van der Waals surface area contributed by atoms with E-state index in [-0.39, 0.29) is 0 Å². The first-order valence-corrected chi connectivity index (χ1v) is 9.24. The van der Waals surface area contributed by atoms with Gasteiger partial charge in [0.1, 0.15) is 0 Å². The van der Waals surface area contributed by atoms with Crippen LogP contribution in [0.3, 0.4) is 0 Å². The highest BCUT2D eigenvalue weighted by molar-refractivity contribution is 6.25. The molecule has 2 fully saturated rings. The molecule has 1 saturated heterocycles. The molecule has 0 radical (unpaired) electrons. The van der Waals surface area contributed by atoms with Crippen LogP contribution in [0.15, 0.2) is 29.8 Å². The predicted octanol–water partition coefficient (Wildman–Crippen LogP) is 5.65. The fourth-order valence-corrected chi connectivity index (χ4v) is 3.96. The minimum absolute atomic E-state index is 0.318. The van der Waals surface area contributed by atoms with Crippen molar-refractivity contribution in [2.45, 2.75) is 38.6 Å². The van der Waals surface area contributed by atoms with Gasteiger partial charge in [0.2, 0.25) is 0 Å². The molecule has 0 spiro atoms. The van der Waals surface area contributed by atoms with E-state index in [4.69, 9.17) is 21.1 Å². The number of alkyl halides is 2. The highest BCUT2D eigenvalue weighted by Crippen LogP contribution is 2.38. The summed E-state index contributed by atoms with van der Waals surface area (Å²) in [5.74, 6) is 0.0785. The van der Waals surface area contributed by atoms with Crippen LogP contribution in [0.4, 0.5) is 13.2 Å². The van der Waals surface area contributed by atoms with E-state index in [1.165, 1.54) is 12.1 Å². The topological polar surface area (TPSA) is 27.7 Å². The molecule has 0 unspecified atom stereocenters. The SMILES string of the molecule is Fc1cc(C2OCC(C3CCC(C=CCl)CC3)CO2)ccc1OC(F)F. The van der Waals surface area contributed by atoms with Gasteiger partial charge in [0.05, 0.1) is 13.2 Å². The average molecular weight is 391 g/mol. The number of ether oxygens (including phenoxy) is 3. The van der Waals surface area contributed by atoms with E-state index >= 15 is 0 Å². The molecule has 26 heavy (non-hydrogen) atoms. The van der Waals surface area contributed by atoms with Crippen LogP contribution in [0.25, 0.3) is 0 Å². The molecule has 3 rings (SSSR count). The average Bonchev–Trinajstić information content (AvgIpc) is 2.64.